The first-order valence-electron chi connectivity index (χ1n) is 11.4. The summed E-state index contributed by atoms with van der Waals surface area (Å²) >= 11 is 0. The highest BCUT2D eigenvalue weighted by molar-refractivity contribution is 6.01. The van der Waals surface area contributed by atoms with E-state index in [4.69, 9.17) is 19.0 Å². The van der Waals surface area contributed by atoms with Gasteiger partial charge in [0.2, 0.25) is 0 Å². The zero-order valence-corrected chi connectivity index (χ0v) is 20.0. The zero-order chi connectivity index (χ0) is 24.8. The second-order valence-corrected chi connectivity index (χ2v) is 8.40. The fraction of sp³-hybridized carbons (Fsp3) is 0.286. The van der Waals surface area contributed by atoms with Gasteiger partial charge >= 0.3 is 11.9 Å². The number of ether oxygens (including phenoxy) is 3. The van der Waals surface area contributed by atoms with Crippen LogP contribution in [0.3, 0.4) is 0 Å². The van der Waals surface area contributed by atoms with Crippen LogP contribution in [0.4, 0.5) is 0 Å². The van der Waals surface area contributed by atoms with E-state index in [-0.39, 0.29) is 6.42 Å². The quantitative estimate of drug-likeness (QED) is 0.364. The molecule has 0 N–H and O–H groups in total. The predicted octanol–water partition coefficient (Wildman–Crippen LogP) is 4.65. The molecule has 1 saturated heterocycles. The average Bonchev–Trinajstić information content (AvgIpc) is 2.92. The molecule has 7 nitrogen and oxygen atoms in total. The Kier molecular flexibility index (Phi) is 7.48. The molecule has 0 unspecified atom stereocenters. The summed E-state index contributed by atoms with van der Waals surface area (Å²) in [6.07, 6.45) is -0.522. The number of hydrogen-bond donors (Lipinski definition) is 0. The fourth-order valence-electron chi connectivity index (χ4n) is 4.72. The van der Waals surface area contributed by atoms with Crippen LogP contribution in [0.2, 0.25) is 0 Å². The lowest BCUT2D eigenvalue weighted by Crippen LogP contribution is -2.56. The molecule has 7 heteroatoms. The Morgan fingerprint density at radius 3 is 1.94 bits per heavy atom. The van der Waals surface area contributed by atoms with E-state index in [1.54, 1.807) is 24.3 Å². The van der Waals surface area contributed by atoms with Crippen LogP contribution in [0.15, 0.2) is 84.9 Å². The van der Waals surface area contributed by atoms with E-state index in [0.717, 1.165) is 11.1 Å². The molecule has 4 rings (SSSR count). The molecule has 1 heterocycles. The van der Waals surface area contributed by atoms with Gasteiger partial charge in [-0.2, -0.15) is 5.06 Å². The van der Waals surface area contributed by atoms with Crippen molar-refractivity contribution in [1.82, 2.24) is 5.06 Å². The van der Waals surface area contributed by atoms with Crippen molar-refractivity contribution in [2.75, 3.05) is 21.3 Å². The second kappa shape index (κ2) is 10.7. The summed E-state index contributed by atoms with van der Waals surface area (Å²) in [5.74, 6) is -0.691. The Morgan fingerprint density at radius 2 is 1.40 bits per heavy atom. The summed E-state index contributed by atoms with van der Waals surface area (Å²) in [5, 5.41) is 1.70. The summed E-state index contributed by atoms with van der Waals surface area (Å²) in [6.45, 7) is 0.330. The van der Waals surface area contributed by atoms with Crippen LogP contribution in [-0.2, 0) is 30.4 Å². The van der Waals surface area contributed by atoms with Crippen molar-refractivity contribution in [3.8, 4) is 5.75 Å². The Bertz CT molecular complexity index is 1120. The smallest absolute Gasteiger partial charge is 0.325 e. The molecule has 0 aliphatic carbocycles. The fourth-order valence-corrected chi connectivity index (χ4v) is 4.72. The third-order valence-electron chi connectivity index (χ3n) is 6.41. The molecule has 0 saturated carbocycles. The topological polar surface area (TPSA) is 74.3 Å². The molecular weight excluding hydrogens is 446 g/mol. The maximum atomic E-state index is 13.5. The van der Waals surface area contributed by atoms with Gasteiger partial charge in [-0.1, -0.05) is 72.8 Å². The van der Waals surface area contributed by atoms with Gasteiger partial charge in [0, 0.05) is 13.0 Å². The minimum Gasteiger partial charge on any atom is -0.497 e. The van der Waals surface area contributed by atoms with E-state index in [9.17, 15) is 9.59 Å². The van der Waals surface area contributed by atoms with Crippen molar-refractivity contribution in [1.29, 1.82) is 0 Å². The SMILES string of the molecule is COC(=O)C1(C(=O)OC)C[C@H](c2ccccc2)ON(Cc2ccccc2)[C@@H]1c1ccc(OC)cc1. The van der Waals surface area contributed by atoms with Gasteiger partial charge in [-0.15, -0.1) is 0 Å². The lowest BCUT2D eigenvalue weighted by atomic mass is 9.70. The van der Waals surface area contributed by atoms with Gasteiger partial charge in [-0.05, 0) is 28.8 Å². The number of esters is 2. The lowest BCUT2D eigenvalue weighted by Gasteiger charge is -2.48. The number of rotatable bonds is 7. The molecule has 3 aromatic carbocycles. The molecule has 0 aromatic heterocycles. The number of nitrogens with zero attached hydrogens (tertiary/aromatic N) is 1. The van der Waals surface area contributed by atoms with Crippen molar-refractivity contribution in [3.05, 3.63) is 102 Å². The molecule has 0 bridgehead atoms. The van der Waals surface area contributed by atoms with Crippen LogP contribution in [0.25, 0.3) is 0 Å². The minimum absolute atomic E-state index is 0.0539. The number of carbonyl (C=O) groups excluding carboxylic acids is 2. The van der Waals surface area contributed by atoms with Gasteiger partial charge < -0.3 is 14.2 Å². The van der Waals surface area contributed by atoms with Crippen LogP contribution >= 0.6 is 0 Å². The standard InChI is InChI=1S/C28H29NO6/c1-32-23-16-14-22(15-17-23)25-28(26(30)33-2,27(31)34-3)18-24(21-12-8-5-9-13-21)35-29(25)19-20-10-6-4-7-11-20/h4-17,24-25H,18-19H2,1-3H3/t24-,25-/m1/s1. The molecule has 2 atom stereocenters. The van der Waals surface area contributed by atoms with Crippen LogP contribution in [0.5, 0.6) is 5.75 Å². The van der Waals surface area contributed by atoms with Crippen LogP contribution < -0.4 is 4.74 Å². The van der Waals surface area contributed by atoms with Gasteiger partial charge in [-0.3, -0.25) is 14.4 Å². The van der Waals surface area contributed by atoms with Crippen LogP contribution in [-0.4, -0.2) is 38.3 Å². The van der Waals surface area contributed by atoms with Crippen LogP contribution in [0.1, 0.15) is 35.3 Å². The highest BCUT2D eigenvalue weighted by atomic mass is 16.7. The van der Waals surface area contributed by atoms with Crippen molar-refractivity contribution >= 4 is 11.9 Å². The van der Waals surface area contributed by atoms with E-state index in [2.05, 4.69) is 0 Å². The molecule has 0 amide bonds. The molecular formula is C28H29NO6. The van der Waals surface area contributed by atoms with Gasteiger partial charge in [0.05, 0.1) is 27.4 Å². The first-order chi connectivity index (χ1) is 17.0. The van der Waals surface area contributed by atoms with Crippen molar-refractivity contribution in [2.45, 2.75) is 25.1 Å². The molecule has 1 aliphatic heterocycles. The van der Waals surface area contributed by atoms with Gasteiger partial charge in [0.1, 0.15) is 11.9 Å². The Balaban J connectivity index is 1.90. The lowest BCUT2D eigenvalue weighted by molar-refractivity contribution is -0.294. The number of benzene rings is 3. The summed E-state index contributed by atoms with van der Waals surface area (Å²) in [5.41, 5.74) is 0.828. The summed E-state index contributed by atoms with van der Waals surface area (Å²) in [4.78, 5) is 33.6. The van der Waals surface area contributed by atoms with E-state index >= 15 is 0 Å². The molecule has 0 spiro atoms. The normalized spacial score (nSPS) is 19.5. The molecule has 3 aromatic rings. The number of hydroxylamine groups is 2. The third kappa shape index (κ3) is 4.78. The van der Waals surface area contributed by atoms with Crippen molar-refractivity contribution in [2.24, 2.45) is 5.41 Å². The van der Waals surface area contributed by atoms with E-state index in [1.807, 2.05) is 72.8 Å². The minimum atomic E-state index is -1.67. The Labute approximate surface area is 205 Å². The molecule has 1 aliphatic rings. The zero-order valence-electron chi connectivity index (χ0n) is 20.0. The summed E-state index contributed by atoms with van der Waals surface area (Å²) in [6, 6.07) is 25.7. The molecule has 182 valence electrons. The first-order valence-corrected chi connectivity index (χ1v) is 11.4. The Hall–Kier alpha value is -3.68. The second-order valence-electron chi connectivity index (χ2n) is 8.40. The van der Waals surface area contributed by atoms with E-state index in [0.29, 0.717) is 17.9 Å². The average molecular weight is 476 g/mol. The highest BCUT2D eigenvalue weighted by Crippen LogP contribution is 2.53. The maximum absolute atomic E-state index is 13.5. The first kappa shape index (κ1) is 24.4. The van der Waals surface area contributed by atoms with Crippen molar-refractivity contribution in [3.63, 3.8) is 0 Å². The number of hydrogen-bond acceptors (Lipinski definition) is 7. The molecule has 35 heavy (non-hydrogen) atoms. The predicted molar refractivity (Wildman–Crippen MR) is 129 cm³/mol. The van der Waals surface area contributed by atoms with Crippen LogP contribution in [0, 0.1) is 5.41 Å². The largest absolute Gasteiger partial charge is 0.497 e. The van der Waals surface area contributed by atoms with Gasteiger partial charge in [-0.25, -0.2) is 0 Å². The number of carbonyl (C=O) groups is 2. The maximum Gasteiger partial charge on any atom is 0.325 e. The summed E-state index contributed by atoms with van der Waals surface area (Å²) < 4.78 is 15.8. The molecule has 0 radical (unpaired) electrons. The summed E-state index contributed by atoms with van der Waals surface area (Å²) in [7, 11) is 4.15. The monoisotopic (exact) mass is 475 g/mol. The van der Waals surface area contributed by atoms with Gasteiger partial charge in [0.25, 0.3) is 0 Å². The Morgan fingerprint density at radius 1 is 0.829 bits per heavy atom. The highest BCUT2D eigenvalue weighted by Gasteiger charge is 2.61. The molecule has 1 fully saturated rings. The number of methoxy groups -OCH3 is 3. The van der Waals surface area contributed by atoms with E-state index < -0.39 is 29.5 Å². The third-order valence-corrected chi connectivity index (χ3v) is 6.41. The van der Waals surface area contributed by atoms with Gasteiger partial charge in [0.15, 0.2) is 5.41 Å². The van der Waals surface area contributed by atoms with Crippen molar-refractivity contribution < 1.29 is 28.6 Å². The van der Waals surface area contributed by atoms with E-state index in [1.165, 1.54) is 14.2 Å².